The van der Waals surface area contributed by atoms with Crippen molar-refractivity contribution < 1.29 is 19.2 Å². The zero-order valence-electron chi connectivity index (χ0n) is 12.7. The third-order valence-corrected chi connectivity index (χ3v) is 4.07. The molecule has 1 amide bonds. The van der Waals surface area contributed by atoms with Crippen LogP contribution in [0.4, 0.5) is 0 Å². The van der Waals surface area contributed by atoms with Crippen molar-refractivity contribution in [2.24, 2.45) is 0 Å². The number of hydrogen-bond donors (Lipinski definition) is 2. The van der Waals surface area contributed by atoms with Crippen LogP contribution in [0.15, 0.2) is 28.8 Å². The standard InChI is InChI=1S/C17H18N2O4/c20-16(15-13-3-1-2-4-14(13)23-19-15)18-10-9-11-5-7-12(8-6-11)17(21)22/h5-8H,1-4,9-10H2,(H,18,20)(H,21,22). The monoisotopic (exact) mass is 314 g/mol. The summed E-state index contributed by atoms with van der Waals surface area (Å²) < 4.78 is 5.24. The van der Waals surface area contributed by atoms with Crippen molar-refractivity contribution in [1.29, 1.82) is 0 Å². The van der Waals surface area contributed by atoms with E-state index in [-0.39, 0.29) is 11.5 Å². The van der Waals surface area contributed by atoms with E-state index in [1.54, 1.807) is 24.3 Å². The zero-order chi connectivity index (χ0) is 16.2. The highest BCUT2D eigenvalue weighted by atomic mass is 16.5. The minimum atomic E-state index is -0.944. The first-order chi connectivity index (χ1) is 11.1. The Morgan fingerprint density at radius 1 is 1.17 bits per heavy atom. The summed E-state index contributed by atoms with van der Waals surface area (Å²) >= 11 is 0. The molecule has 1 aliphatic carbocycles. The molecule has 1 aromatic heterocycles. The minimum Gasteiger partial charge on any atom is -0.478 e. The van der Waals surface area contributed by atoms with Gasteiger partial charge in [-0.25, -0.2) is 4.79 Å². The summed E-state index contributed by atoms with van der Waals surface area (Å²) in [5.74, 6) is -0.314. The number of carbonyl (C=O) groups is 2. The number of carboxylic acid groups (broad SMARTS) is 1. The van der Waals surface area contributed by atoms with Gasteiger partial charge < -0.3 is 14.9 Å². The molecule has 1 aliphatic rings. The highest BCUT2D eigenvalue weighted by Gasteiger charge is 2.23. The molecule has 0 radical (unpaired) electrons. The number of carbonyl (C=O) groups excluding carboxylic acids is 1. The van der Waals surface area contributed by atoms with Crippen LogP contribution < -0.4 is 5.32 Å². The average Bonchev–Trinajstić information content (AvgIpc) is 2.99. The molecule has 1 aromatic carbocycles. The van der Waals surface area contributed by atoms with Crippen LogP contribution in [0.1, 0.15) is 50.6 Å². The summed E-state index contributed by atoms with van der Waals surface area (Å²) in [5, 5.41) is 15.6. The molecule has 3 rings (SSSR count). The molecule has 23 heavy (non-hydrogen) atoms. The lowest BCUT2D eigenvalue weighted by Gasteiger charge is -2.09. The average molecular weight is 314 g/mol. The number of fused-ring (bicyclic) bond motifs is 1. The van der Waals surface area contributed by atoms with Crippen LogP contribution in [0.2, 0.25) is 0 Å². The highest BCUT2D eigenvalue weighted by molar-refractivity contribution is 5.93. The Balaban J connectivity index is 1.55. The summed E-state index contributed by atoms with van der Waals surface area (Å²) in [7, 11) is 0. The number of aromatic carboxylic acids is 1. The van der Waals surface area contributed by atoms with Crippen LogP contribution in [-0.4, -0.2) is 28.7 Å². The van der Waals surface area contributed by atoms with Gasteiger partial charge >= 0.3 is 5.97 Å². The van der Waals surface area contributed by atoms with Gasteiger partial charge in [0.05, 0.1) is 5.56 Å². The summed E-state index contributed by atoms with van der Waals surface area (Å²) in [6.07, 6.45) is 4.47. The van der Waals surface area contributed by atoms with E-state index in [1.807, 2.05) is 0 Å². The van der Waals surface area contributed by atoms with Crippen LogP contribution in [0, 0.1) is 0 Å². The van der Waals surface area contributed by atoms with Crippen molar-refractivity contribution in [3.63, 3.8) is 0 Å². The second-order valence-corrected chi connectivity index (χ2v) is 5.65. The molecule has 0 atom stereocenters. The van der Waals surface area contributed by atoms with Crippen LogP contribution in [-0.2, 0) is 19.3 Å². The molecule has 0 unspecified atom stereocenters. The van der Waals surface area contributed by atoms with E-state index in [9.17, 15) is 9.59 Å². The van der Waals surface area contributed by atoms with E-state index in [2.05, 4.69) is 10.5 Å². The number of nitrogens with zero attached hydrogens (tertiary/aromatic N) is 1. The lowest BCUT2D eigenvalue weighted by atomic mass is 9.96. The predicted molar refractivity (Wildman–Crippen MR) is 82.6 cm³/mol. The van der Waals surface area contributed by atoms with Gasteiger partial charge in [0.2, 0.25) is 0 Å². The van der Waals surface area contributed by atoms with Crippen molar-refractivity contribution in [2.45, 2.75) is 32.1 Å². The lowest BCUT2D eigenvalue weighted by Crippen LogP contribution is -2.27. The molecule has 0 bridgehead atoms. The van der Waals surface area contributed by atoms with Gasteiger partial charge in [-0.05, 0) is 43.4 Å². The van der Waals surface area contributed by atoms with Crippen LogP contribution in [0.5, 0.6) is 0 Å². The number of aryl methyl sites for hydroxylation is 1. The second-order valence-electron chi connectivity index (χ2n) is 5.65. The van der Waals surface area contributed by atoms with Gasteiger partial charge in [-0.2, -0.15) is 0 Å². The molecule has 2 N–H and O–H groups in total. The zero-order valence-corrected chi connectivity index (χ0v) is 12.7. The van der Waals surface area contributed by atoms with E-state index in [0.717, 1.165) is 42.6 Å². The summed E-state index contributed by atoms with van der Waals surface area (Å²) in [5.41, 5.74) is 2.57. The summed E-state index contributed by atoms with van der Waals surface area (Å²) in [6.45, 7) is 0.465. The summed E-state index contributed by atoms with van der Waals surface area (Å²) in [4.78, 5) is 23.0. The molecule has 0 aliphatic heterocycles. The number of benzene rings is 1. The van der Waals surface area contributed by atoms with Gasteiger partial charge in [-0.15, -0.1) is 0 Å². The Morgan fingerprint density at radius 3 is 2.65 bits per heavy atom. The Bertz CT molecular complexity index is 719. The highest BCUT2D eigenvalue weighted by Crippen LogP contribution is 2.24. The fourth-order valence-electron chi connectivity index (χ4n) is 2.78. The van der Waals surface area contributed by atoms with Gasteiger partial charge in [0.15, 0.2) is 5.69 Å². The van der Waals surface area contributed by atoms with E-state index in [4.69, 9.17) is 9.63 Å². The van der Waals surface area contributed by atoms with Gasteiger partial charge in [0.25, 0.3) is 5.91 Å². The van der Waals surface area contributed by atoms with Crippen LogP contribution >= 0.6 is 0 Å². The Hall–Kier alpha value is -2.63. The van der Waals surface area contributed by atoms with Crippen LogP contribution in [0.3, 0.4) is 0 Å². The van der Waals surface area contributed by atoms with E-state index >= 15 is 0 Å². The fourth-order valence-corrected chi connectivity index (χ4v) is 2.78. The first-order valence-corrected chi connectivity index (χ1v) is 7.73. The maximum absolute atomic E-state index is 12.2. The van der Waals surface area contributed by atoms with Crippen molar-refractivity contribution >= 4 is 11.9 Å². The Morgan fingerprint density at radius 2 is 1.91 bits per heavy atom. The molecule has 1 heterocycles. The minimum absolute atomic E-state index is 0.209. The molecule has 0 saturated heterocycles. The number of hydrogen-bond acceptors (Lipinski definition) is 4. The number of aromatic nitrogens is 1. The van der Waals surface area contributed by atoms with Crippen molar-refractivity contribution in [3.05, 3.63) is 52.4 Å². The topological polar surface area (TPSA) is 92.4 Å². The number of nitrogens with one attached hydrogen (secondary N) is 1. The van der Waals surface area contributed by atoms with Crippen LogP contribution in [0.25, 0.3) is 0 Å². The molecule has 6 nitrogen and oxygen atoms in total. The third-order valence-electron chi connectivity index (χ3n) is 4.07. The van der Waals surface area contributed by atoms with Gasteiger partial charge in [0, 0.05) is 18.5 Å². The van der Waals surface area contributed by atoms with Crippen molar-refractivity contribution in [3.8, 4) is 0 Å². The SMILES string of the molecule is O=C(O)c1ccc(CCNC(=O)c2noc3c2CCCC3)cc1. The number of amides is 1. The number of rotatable bonds is 5. The van der Waals surface area contributed by atoms with Crippen molar-refractivity contribution in [1.82, 2.24) is 10.5 Å². The van der Waals surface area contributed by atoms with E-state index < -0.39 is 5.97 Å². The van der Waals surface area contributed by atoms with Gasteiger partial charge in [-0.3, -0.25) is 4.79 Å². The quantitative estimate of drug-likeness (QED) is 0.883. The van der Waals surface area contributed by atoms with E-state index in [1.165, 1.54) is 0 Å². The summed E-state index contributed by atoms with van der Waals surface area (Å²) in [6, 6.07) is 6.64. The smallest absolute Gasteiger partial charge is 0.335 e. The Labute approximate surface area is 133 Å². The van der Waals surface area contributed by atoms with E-state index in [0.29, 0.717) is 18.7 Å². The maximum atomic E-state index is 12.2. The first kappa shape index (κ1) is 15.3. The molecule has 0 saturated carbocycles. The predicted octanol–water partition coefficient (Wildman–Crippen LogP) is 2.22. The molecule has 2 aromatic rings. The molecular weight excluding hydrogens is 296 g/mol. The third kappa shape index (κ3) is 3.41. The van der Waals surface area contributed by atoms with Gasteiger partial charge in [0.1, 0.15) is 5.76 Å². The van der Waals surface area contributed by atoms with Crippen molar-refractivity contribution in [2.75, 3.05) is 6.54 Å². The largest absolute Gasteiger partial charge is 0.478 e. The fraction of sp³-hybridized carbons (Fsp3) is 0.353. The molecular formula is C17H18N2O4. The molecule has 6 heteroatoms. The normalized spacial score (nSPS) is 13.4. The second kappa shape index (κ2) is 6.64. The molecule has 120 valence electrons. The molecule has 0 fully saturated rings. The molecule has 0 spiro atoms. The van der Waals surface area contributed by atoms with Gasteiger partial charge in [-0.1, -0.05) is 17.3 Å². The maximum Gasteiger partial charge on any atom is 0.335 e. The number of carboxylic acids is 1. The lowest BCUT2D eigenvalue weighted by molar-refractivity contribution is 0.0696. The first-order valence-electron chi connectivity index (χ1n) is 7.73. The Kier molecular flexibility index (Phi) is 4.41.